The molecule has 0 aromatic rings. The summed E-state index contributed by atoms with van der Waals surface area (Å²) in [6, 6.07) is 0.641. The highest BCUT2D eigenvalue weighted by atomic mass is 16.3. The number of aliphatic hydroxyl groups is 1. The highest BCUT2D eigenvalue weighted by molar-refractivity contribution is 4.90. The van der Waals surface area contributed by atoms with Gasteiger partial charge in [-0.15, -0.1) is 0 Å². The minimum absolute atomic E-state index is 0.430. The van der Waals surface area contributed by atoms with Crippen molar-refractivity contribution < 1.29 is 5.11 Å². The van der Waals surface area contributed by atoms with Crippen molar-refractivity contribution in [1.29, 1.82) is 0 Å². The Morgan fingerprint density at radius 3 is 2.62 bits per heavy atom. The number of nitrogens with zero attached hydrogens (tertiary/aromatic N) is 1. The molecule has 2 atom stereocenters. The average Bonchev–Trinajstić information content (AvgIpc) is 2.23. The lowest BCUT2D eigenvalue weighted by atomic mass is 9.88. The third-order valence-corrected chi connectivity index (χ3v) is 4.31. The molecule has 3 nitrogen and oxygen atoms in total. The Bertz CT molecular complexity index is 226. The summed E-state index contributed by atoms with van der Waals surface area (Å²) in [5.74, 6) is 0.855. The van der Waals surface area contributed by atoms with E-state index in [4.69, 9.17) is 0 Å². The summed E-state index contributed by atoms with van der Waals surface area (Å²) in [5.41, 5.74) is -0.430. The van der Waals surface area contributed by atoms with Crippen LogP contribution in [0, 0.1) is 5.92 Å². The molecule has 0 bridgehead atoms. The lowest BCUT2D eigenvalue weighted by Crippen LogP contribution is -2.53. The summed E-state index contributed by atoms with van der Waals surface area (Å²) < 4.78 is 0. The second-order valence-corrected chi connectivity index (χ2v) is 5.92. The van der Waals surface area contributed by atoms with Gasteiger partial charge in [0.25, 0.3) is 0 Å². The lowest BCUT2D eigenvalue weighted by molar-refractivity contribution is -0.0390. The van der Waals surface area contributed by atoms with Crippen molar-refractivity contribution in [2.45, 2.75) is 51.2 Å². The third-order valence-electron chi connectivity index (χ3n) is 4.31. The summed E-state index contributed by atoms with van der Waals surface area (Å²) in [6.07, 6.45) is 4.39. The summed E-state index contributed by atoms with van der Waals surface area (Å²) in [5, 5.41) is 13.8. The first kappa shape index (κ1) is 12.3. The van der Waals surface area contributed by atoms with Gasteiger partial charge in [-0.05, 0) is 58.2 Å². The SMILES string of the molecule is CC1CCN(CC2(O)CCNCC2)C(C)C1. The molecular formula is C13H26N2O. The molecule has 0 amide bonds. The number of piperidine rings is 2. The molecular weight excluding hydrogens is 200 g/mol. The van der Waals surface area contributed by atoms with Gasteiger partial charge in [-0.25, -0.2) is 0 Å². The molecule has 0 aromatic carbocycles. The van der Waals surface area contributed by atoms with Crippen molar-refractivity contribution in [2.75, 3.05) is 26.2 Å². The summed E-state index contributed by atoms with van der Waals surface area (Å²) in [7, 11) is 0. The molecule has 94 valence electrons. The molecule has 0 spiro atoms. The lowest BCUT2D eigenvalue weighted by Gasteiger charge is -2.43. The number of nitrogens with one attached hydrogen (secondary N) is 1. The van der Waals surface area contributed by atoms with E-state index in [2.05, 4.69) is 24.1 Å². The second-order valence-electron chi connectivity index (χ2n) is 5.92. The van der Waals surface area contributed by atoms with E-state index in [1.54, 1.807) is 0 Å². The van der Waals surface area contributed by atoms with E-state index in [1.807, 2.05) is 0 Å². The van der Waals surface area contributed by atoms with Gasteiger partial charge in [0.1, 0.15) is 0 Å². The van der Waals surface area contributed by atoms with Crippen LogP contribution in [0.25, 0.3) is 0 Å². The molecule has 2 aliphatic heterocycles. The molecule has 2 aliphatic rings. The first-order valence-corrected chi connectivity index (χ1v) is 6.76. The molecule has 16 heavy (non-hydrogen) atoms. The first-order valence-electron chi connectivity index (χ1n) is 6.76. The van der Waals surface area contributed by atoms with E-state index in [-0.39, 0.29) is 0 Å². The maximum Gasteiger partial charge on any atom is 0.0798 e. The molecule has 0 aliphatic carbocycles. The van der Waals surface area contributed by atoms with Crippen molar-refractivity contribution in [3.8, 4) is 0 Å². The Labute approximate surface area is 99.2 Å². The van der Waals surface area contributed by atoms with Gasteiger partial charge < -0.3 is 10.4 Å². The Balaban J connectivity index is 1.88. The van der Waals surface area contributed by atoms with E-state index < -0.39 is 5.60 Å². The van der Waals surface area contributed by atoms with Crippen LogP contribution in [0.4, 0.5) is 0 Å². The van der Waals surface area contributed by atoms with Crippen molar-refractivity contribution >= 4 is 0 Å². The topological polar surface area (TPSA) is 35.5 Å². The van der Waals surface area contributed by atoms with Crippen LogP contribution in [-0.4, -0.2) is 47.8 Å². The summed E-state index contributed by atoms with van der Waals surface area (Å²) in [6.45, 7) is 8.62. The molecule has 3 heteroatoms. The molecule has 2 heterocycles. The van der Waals surface area contributed by atoms with Crippen LogP contribution in [0.15, 0.2) is 0 Å². The zero-order valence-electron chi connectivity index (χ0n) is 10.7. The van der Waals surface area contributed by atoms with Gasteiger partial charge >= 0.3 is 0 Å². The van der Waals surface area contributed by atoms with Gasteiger partial charge in [0.2, 0.25) is 0 Å². The standard InChI is InChI=1S/C13H26N2O/c1-11-3-8-15(12(2)9-11)10-13(16)4-6-14-7-5-13/h11-12,14,16H,3-10H2,1-2H3. The fraction of sp³-hybridized carbons (Fsp3) is 1.00. The van der Waals surface area contributed by atoms with Gasteiger partial charge in [-0.2, -0.15) is 0 Å². The minimum Gasteiger partial charge on any atom is -0.388 e. The second kappa shape index (κ2) is 5.03. The predicted molar refractivity (Wildman–Crippen MR) is 66.5 cm³/mol. The number of hydrogen-bond donors (Lipinski definition) is 2. The fourth-order valence-electron chi connectivity index (χ4n) is 3.12. The zero-order valence-corrected chi connectivity index (χ0v) is 10.7. The molecule has 2 unspecified atom stereocenters. The van der Waals surface area contributed by atoms with E-state index in [1.165, 1.54) is 12.8 Å². The zero-order chi connectivity index (χ0) is 11.6. The Kier molecular flexibility index (Phi) is 3.88. The monoisotopic (exact) mass is 226 g/mol. The number of hydrogen-bond acceptors (Lipinski definition) is 3. The summed E-state index contributed by atoms with van der Waals surface area (Å²) >= 11 is 0. The van der Waals surface area contributed by atoms with Crippen molar-refractivity contribution in [3.63, 3.8) is 0 Å². The van der Waals surface area contributed by atoms with Crippen molar-refractivity contribution in [1.82, 2.24) is 10.2 Å². The molecule has 2 fully saturated rings. The molecule has 2 N–H and O–H groups in total. The van der Waals surface area contributed by atoms with Gasteiger partial charge in [0.15, 0.2) is 0 Å². The van der Waals surface area contributed by atoms with Crippen LogP contribution >= 0.6 is 0 Å². The average molecular weight is 226 g/mol. The van der Waals surface area contributed by atoms with Crippen LogP contribution in [0.3, 0.4) is 0 Å². The van der Waals surface area contributed by atoms with Crippen molar-refractivity contribution in [2.24, 2.45) is 5.92 Å². The molecule has 0 radical (unpaired) electrons. The van der Waals surface area contributed by atoms with Crippen LogP contribution in [-0.2, 0) is 0 Å². The Hall–Kier alpha value is -0.120. The van der Waals surface area contributed by atoms with Gasteiger partial charge in [-0.1, -0.05) is 6.92 Å². The highest BCUT2D eigenvalue weighted by Crippen LogP contribution is 2.26. The fourth-order valence-corrected chi connectivity index (χ4v) is 3.12. The first-order chi connectivity index (χ1) is 7.59. The van der Waals surface area contributed by atoms with Crippen LogP contribution in [0.5, 0.6) is 0 Å². The van der Waals surface area contributed by atoms with Crippen LogP contribution < -0.4 is 5.32 Å². The molecule has 0 aromatic heterocycles. The maximum atomic E-state index is 10.5. The normalized spacial score (nSPS) is 36.2. The molecule has 2 saturated heterocycles. The highest BCUT2D eigenvalue weighted by Gasteiger charge is 2.34. The Morgan fingerprint density at radius 1 is 1.31 bits per heavy atom. The molecule has 0 saturated carbocycles. The molecule has 2 rings (SSSR count). The van der Waals surface area contributed by atoms with Crippen molar-refractivity contribution in [3.05, 3.63) is 0 Å². The van der Waals surface area contributed by atoms with Gasteiger partial charge in [0, 0.05) is 12.6 Å². The number of β-amino-alcohol motifs (C(OH)–C–C–N with tert-alkyl or cyclic N) is 1. The number of likely N-dealkylation sites (tertiary alicyclic amines) is 1. The van der Waals surface area contributed by atoms with E-state index in [0.717, 1.165) is 44.9 Å². The summed E-state index contributed by atoms with van der Waals surface area (Å²) in [4.78, 5) is 2.49. The van der Waals surface area contributed by atoms with Gasteiger partial charge in [-0.3, -0.25) is 4.90 Å². The van der Waals surface area contributed by atoms with Crippen LogP contribution in [0.2, 0.25) is 0 Å². The third kappa shape index (κ3) is 2.96. The Morgan fingerprint density at radius 2 is 2.00 bits per heavy atom. The maximum absolute atomic E-state index is 10.5. The number of rotatable bonds is 2. The minimum atomic E-state index is -0.430. The van der Waals surface area contributed by atoms with E-state index >= 15 is 0 Å². The van der Waals surface area contributed by atoms with Gasteiger partial charge in [0.05, 0.1) is 5.60 Å². The van der Waals surface area contributed by atoms with E-state index in [9.17, 15) is 5.11 Å². The largest absolute Gasteiger partial charge is 0.388 e. The van der Waals surface area contributed by atoms with Crippen LogP contribution in [0.1, 0.15) is 39.5 Å². The smallest absolute Gasteiger partial charge is 0.0798 e. The predicted octanol–water partition coefficient (Wildman–Crippen LogP) is 1.22. The van der Waals surface area contributed by atoms with E-state index in [0.29, 0.717) is 6.04 Å². The quantitative estimate of drug-likeness (QED) is 0.743.